The number of benzene rings is 3. The number of carbonyl (C=O) groups is 1. The molecule has 144 valence electrons. The number of carbonyl (C=O) groups excluding carboxylic acids is 1. The van der Waals surface area contributed by atoms with E-state index in [0.717, 1.165) is 22.4 Å². The van der Waals surface area contributed by atoms with Crippen LogP contribution in [0.15, 0.2) is 78.9 Å². The van der Waals surface area contributed by atoms with Crippen LogP contribution in [0.4, 0.5) is 0 Å². The molecule has 0 spiro atoms. The van der Waals surface area contributed by atoms with Crippen LogP contribution in [-0.2, 0) is 0 Å². The average molecular weight is 374 g/mol. The Hall–Kier alpha value is -3.11. The normalized spacial score (nSPS) is 11.9. The van der Waals surface area contributed by atoms with E-state index in [2.05, 4.69) is 22.3 Å². The highest BCUT2D eigenvalue weighted by molar-refractivity contribution is 5.94. The second-order valence-corrected chi connectivity index (χ2v) is 6.87. The highest BCUT2D eigenvalue weighted by Gasteiger charge is 2.19. The van der Waals surface area contributed by atoms with E-state index in [1.54, 1.807) is 7.11 Å². The summed E-state index contributed by atoms with van der Waals surface area (Å²) in [6.07, 6.45) is 0. The molecule has 0 aliphatic carbocycles. The van der Waals surface area contributed by atoms with E-state index in [1.165, 1.54) is 0 Å². The van der Waals surface area contributed by atoms with Crippen LogP contribution in [0.1, 0.15) is 22.0 Å². The zero-order valence-electron chi connectivity index (χ0n) is 16.6. The van der Waals surface area contributed by atoms with Gasteiger partial charge in [0.15, 0.2) is 0 Å². The van der Waals surface area contributed by atoms with Crippen molar-refractivity contribution in [1.82, 2.24) is 10.2 Å². The molecule has 1 atom stereocenters. The molecule has 1 unspecified atom stereocenters. The van der Waals surface area contributed by atoms with Crippen LogP contribution in [0.5, 0.6) is 5.75 Å². The number of nitrogens with one attached hydrogen (secondary N) is 1. The maximum atomic E-state index is 12.6. The van der Waals surface area contributed by atoms with Crippen LogP contribution in [0, 0.1) is 0 Å². The van der Waals surface area contributed by atoms with E-state index >= 15 is 0 Å². The molecule has 3 rings (SSSR count). The molecule has 4 nitrogen and oxygen atoms in total. The molecule has 1 amide bonds. The molecule has 1 N–H and O–H groups in total. The Balaban J connectivity index is 1.70. The van der Waals surface area contributed by atoms with Gasteiger partial charge in [0.25, 0.3) is 5.91 Å². The van der Waals surface area contributed by atoms with Crippen molar-refractivity contribution in [2.45, 2.75) is 6.04 Å². The summed E-state index contributed by atoms with van der Waals surface area (Å²) in [5, 5.41) is 3.05. The third-order valence-electron chi connectivity index (χ3n) is 4.83. The van der Waals surface area contributed by atoms with Gasteiger partial charge >= 0.3 is 0 Å². The van der Waals surface area contributed by atoms with Crippen LogP contribution in [0.2, 0.25) is 0 Å². The van der Waals surface area contributed by atoms with E-state index in [-0.39, 0.29) is 11.9 Å². The monoisotopic (exact) mass is 374 g/mol. The van der Waals surface area contributed by atoms with E-state index in [4.69, 9.17) is 4.74 Å². The first kappa shape index (κ1) is 19.6. The largest absolute Gasteiger partial charge is 0.496 e. The Morgan fingerprint density at radius 2 is 1.50 bits per heavy atom. The van der Waals surface area contributed by atoms with Gasteiger partial charge in [-0.3, -0.25) is 4.79 Å². The lowest BCUT2D eigenvalue weighted by Crippen LogP contribution is -2.34. The molecule has 0 saturated carbocycles. The number of methoxy groups -OCH3 is 1. The third-order valence-corrected chi connectivity index (χ3v) is 4.83. The maximum Gasteiger partial charge on any atom is 0.251 e. The number of para-hydroxylation sites is 1. The first-order valence-corrected chi connectivity index (χ1v) is 9.33. The molecule has 28 heavy (non-hydrogen) atoms. The fourth-order valence-corrected chi connectivity index (χ4v) is 3.25. The Kier molecular flexibility index (Phi) is 6.45. The van der Waals surface area contributed by atoms with Gasteiger partial charge in [0.2, 0.25) is 0 Å². The molecule has 4 heteroatoms. The van der Waals surface area contributed by atoms with Gasteiger partial charge in [-0.2, -0.15) is 0 Å². The summed E-state index contributed by atoms with van der Waals surface area (Å²) in [4.78, 5) is 14.7. The van der Waals surface area contributed by atoms with E-state index in [0.29, 0.717) is 12.1 Å². The lowest BCUT2D eigenvalue weighted by molar-refractivity contribution is 0.0941. The molecule has 0 saturated heterocycles. The number of amides is 1. The molecule has 0 heterocycles. The topological polar surface area (TPSA) is 41.6 Å². The van der Waals surface area contributed by atoms with Crippen LogP contribution in [0.25, 0.3) is 11.1 Å². The lowest BCUT2D eigenvalue weighted by Gasteiger charge is -2.26. The predicted molar refractivity (Wildman–Crippen MR) is 114 cm³/mol. The van der Waals surface area contributed by atoms with Gasteiger partial charge in [-0.15, -0.1) is 0 Å². The van der Waals surface area contributed by atoms with Crippen LogP contribution in [-0.4, -0.2) is 38.6 Å². The van der Waals surface area contributed by atoms with Crippen molar-refractivity contribution < 1.29 is 9.53 Å². The molecule has 0 fully saturated rings. The quantitative estimate of drug-likeness (QED) is 0.667. The summed E-state index contributed by atoms with van der Waals surface area (Å²) in [7, 11) is 5.66. The Labute approximate surface area is 166 Å². The maximum absolute atomic E-state index is 12.6. The van der Waals surface area contributed by atoms with E-state index in [9.17, 15) is 4.79 Å². The van der Waals surface area contributed by atoms with Crippen LogP contribution in [0.3, 0.4) is 0 Å². The molecule has 3 aromatic rings. The first-order valence-electron chi connectivity index (χ1n) is 9.33. The number of likely N-dealkylation sites (N-methyl/N-ethyl adjacent to an activating group) is 1. The van der Waals surface area contributed by atoms with Crippen molar-refractivity contribution in [2.24, 2.45) is 0 Å². The lowest BCUT2D eigenvalue weighted by atomic mass is 10.0. The second kappa shape index (κ2) is 9.20. The van der Waals surface area contributed by atoms with Crippen molar-refractivity contribution in [2.75, 3.05) is 27.7 Å². The van der Waals surface area contributed by atoms with Gasteiger partial charge in [-0.05, 0) is 43.4 Å². The molecule has 0 aromatic heterocycles. The summed E-state index contributed by atoms with van der Waals surface area (Å²) >= 11 is 0. The zero-order valence-corrected chi connectivity index (χ0v) is 16.6. The first-order chi connectivity index (χ1) is 13.6. The molecular weight excluding hydrogens is 348 g/mol. The number of hydrogen-bond donors (Lipinski definition) is 1. The Morgan fingerprint density at radius 1 is 0.893 bits per heavy atom. The number of rotatable bonds is 7. The molecular formula is C24H26N2O2. The van der Waals surface area contributed by atoms with Gasteiger partial charge in [0.05, 0.1) is 13.2 Å². The van der Waals surface area contributed by atoms with Crippen LogP contribution < -0.4 is 10.1 Å². The average Bonchev–Trinajstić information content (AvgIpc) is 2.74. The highest BCUT2D eigenvalue weighted by atomic mass is 16.5. The zero-order chi connectivity index (χ0) is 19.9. The molecule has 0 radical (unpaired) electrons. The summed E-state index contributed by atoms with van der Waals surface area (Å²) in [5.41, 5.74) is 3.93. The predicted octanol–water partition coefficient (Wildman–Crippen LogP) is 4.39. The summed E-state index contributed by atoms with van der Waals surface area (Å²) in [5.74, 6) is 0.740. The fraction of sp³-hybridized carbons (Fsp3) is 0.208. The number of ether oxygens (including phenoxy) is 1. The molecule has 0 aliphatic heterocycles. The molecule has 0 aliphatic rings. The SMILES string of the molecule is COc1ccccc1C(CNC(=O)c1ccc(-c2ccccc2)cc1)N(C)C. The van der Waals surface area contributed by atoms with Gasteiger partial charge in [-0.1, -0.05) is 60.7 Å². The smallest absolute Gasteiger partial charge is 0.251 e. The minimum absolute atomic E-state index is 0.0173. The summed E-state index contributed by atoms with van der Waals surface area (Å²) in [6, 6.07) is 25.7. The molecule has 3 aromatic carbocycles. The van der Waals surface area contributed by atoms with Crippen molar-refractivity contribution in [3.8, 4) is 16.9 Å². The van der Waals surface area contributed by atoms with Gasteiger partial charge in [-0.25, -0.2) is 0 Å². The van der Waals surface area contributed by atoms with Gasteiger partial charge in [0.1, 0.15) is 5.75 Å². The minimum atomic E-state index is -0.0821. The fourth-order valence-electron chi connectivity index (χ4n) is 3.25. The van der Waals surface area contributed by atoms with E-state index in [1.807, 2.05) is 80.8 Å². The van der Waals surface area contributed by atoms with Crippen molar-refractivity contribution in [1.29, 1.82) is 0 Å². The standard InChI is InChI=1S/C24H26N2O2/c1-26(2)22(21-11-7-8-12-23(21)28-3)17-25-24(27)20-15-13-19(14-16-20)18-9-5-4-6-10-18/h4-16,22H,17H2,1-3H3,(H,25,27). The number of hydrogen-bond acceptors (Lipinski definition) is 3. The third kappa shape index (κ3) is 4.59. The Morgan fingerprint density at radius 3 is 2.14 bits per heavy atom. The Bertz CT molecular complexity index is 905. The summed E-state index contributed by atoms with van der Waals surface area (Å²) < 4.78 is 5.48. The number of nitrogens with zero attached hydrogens (tertiary/aromatic N) is 1. The van der Waals surface area contributed by atoms with Crippen LogP contribution >= 0.6 is 0 Å². The van der Waals surface area contributed by atoms with Gasteiger partial charge in [0, 0.05) is 17.7 Å². The van der Waals surface area contributed by atoms with Gasteiger partial charge < -0.3 is 15.0 Å². The minimum Gasteiger partial charge on any atom is -0.496 e. The highest BCUT2D eigenvalue weighted by Crippen LogP contribution is 2.27. The van der Waals surface area contributed by atoms with E-state index < -0.39 is 0 Å². The second-order valence-electron chi connectivity index (χ2n) is 6.87. The van der Waals surface area contributed by atoms with Crippen molar-refractivity contribution >= 4 is 5.91 Å². The van der Waals surface area contributed by atoms with Crippen molar-refractivity contribution in [3.05, 3.63) is 90.0 Å². The summed E-state index contributed by atoms with van der Waals surface area (Å²) in [6.45, 7) is 0.493. The van der Waals surface area contributed by atoms with Crippen molar-refractivity contribution in [3.63, 3.8) is 0 Å². The molecule has 0 bridgehead atoms.